The number of para-hydroxylation sites is 1. The Morgan fingerprint density at radius 2 is 1.87 bits per heavy atom. The van der Waals surface area contributed by atoms with Gasteiger partial charge in [-0.25, -0.2) is 0 Å². The third-order valence-corrected chi connectivity index (χ3v) is 3.53. The molecule has 0 aromatic heterocycles. The predicted molar refractivity (Wildman–Crippen MR) is 90.8 cm³/mol. The molecule has 0 saturated carbocycles. The number of hydrogen-bond acceptors (Lipinski definition) is 4. The van der Waals surface area contributed by atoms with E-state index in [2.05, 4.69) is 5.32 Å². The molecule has 0 spiro atoms. The van der Waals surface area contributed by atoms with E-state index in [0.717, 1.165) is 16.9 Å². The highest BCUT2D eigenvalue weighted by Crippen LogP contribution is 2.27. The molecule has 0 aliphatic rings. The van der Waals surface area contributed by atoms with E-state index in [4.69, 9.17) is 15.2 Å². The highest BCUT2D eigenvalue weighted by Gasteiger charge is 2.12. The molecular weight excluding hydrogens is 292 g/mol. The number of amides is 1. The predicted octanol–water partition coefficient (Wildman–Crippen LogP) is 2.87. The fraction of sp³-hybridized carbons (Fsp3) is 0.278. The third-order valence-electron chi connectivity index (χ3n) is 3.53. The molecule has 5 heteroatoms. The molecular formula is C18H22N2O3. The van der Waals surface area contributed by atoms with E-state index in [9.17, 15) is 4.79 Å². The van der Waals surface area contributed by atoms with Crippen LogP contribution in [-0.2, 0) is 11.4 Å². The van der Waals surface area contributed by atoms with Crippen LogP contribution in [0.15, 0.2) is 42.5 Å². The van der Waals surface area contributed by atoms with Crippen molar-refractivity contribution in [3.05, 3.63) is 53.6 Å². The number of nitrogens with two attached hydrogens (primary N) is 1. The van der Waals surface area contributed by atoms with E-state index in [1.165, 1.54) is 0 Å². The topological polar surface area (TPSA) is 73.6 Å². The number of carbonyl (C=O) groups is 1. The van der Waals surface area contributed by atoms with E-state index in [1.54, 1.807) is 14.0 Å². The largest absolute Gasteiger partial charge is 0.496 e. The van der Waals surface area contributed by atoms with Gasteiger partial charge in [0.1, 0.15) is 18.1 Å². The van der Waals surface area contributed by atoms with Gasteiger partial charge in [-0.15, -0.1) is 0 Å². The fourth-order valence-corrected chi connectivity index (χ4v) is 2.13. The second-order valence-corrected chi connectivity index (χ2v) is 5.31. The van der Waals surface area contributed by atoms with Crippen LogP contribution in [0.5, 0.6) is 11.5 Å². The minimum Gasteiger partial charge on any atom is -0.496 e. The summed E-state index contributed by atoms with van der Waals surface area (Å²) in [6, 6.07) is 12.7. The number of anilines is 1. The molecule has 122 valence electrons. The lowest BCUT2D eigenvalue weighted by molar-refractivity contribution is -0.117. The van der Waals surface area contributed by atoms with Gasteiger partial charge in [0.05, 0.1) is 13.2 Å². The number of rotatable bonds is 6. The molecule has 1 atom stereocenters. The average molecular weight is 314 g/mol. The van der Waals surface area contributed by atoms with Crippen molar-refractivity contribution in [2.75, 3.05) is 12.4 Å². The zero-order chi connectivity index (χ0) is 16.8. The molecule has 0 radical (unpaired) electrons. The van der Waals surface area contributed by atoms with Gasteiger partial charge in [-0.1, -0.05) is 24.3 Å². The Kier molecular flexibility index (Phi) is 5.60. The Labute approximate surface area is 136 Å². The Bertz CT molecular complexity index is 684. The van der Waals surface area contributed by atoms with Gasteiger partial charge in [0.2, 0.25) is 5.91 Å². The summed E-state index contributed by atoms with van der Waals surface area (Å²) in [7, 11) is 1.63. The van der Waals surface area contributed by atoms with Crippen LogP contribution < -0.4 is 20.5 Å². The Hall–Kier alpha value is -2.53. The Balaban J connectivity index is 2.13. The zero-order valence-corrected chi connectivity index (χ0v) is 13.6. The van der Waals surface area contributed by atoms with Gasteiger partial charge in [0, 0.05) is 16.8 Å². The second-order valence-electron chi connectivity index (χ2n) is 5.31. The van der Waals surface area contributed by atoms with Crippen molar-refractivity contribution in [1.82, 2.24) is 0 Å². The first-order chi connectivity index (χ1) is 11.0. The summed E-state index contributed by atoms with van der Waals surface area (Å²) in [6.07, 6.45) is 0. The summed E-state index contributed by atoms with van der Waals surface area (Å²) in [5, 5.41) is 2.80. The Morgan fingerprint density at radius 3 is 2.57 bits per heavy atom. The number of hydrogen-bond donors (Lipinski definition) is 2. The summed E-state index contributed by atoms with van der Waals surface area (Å²) in [6.45, 7) is 3.93. The van der Waals surface area contributed by atoms with Crippen molar-refractivity contribution in [1.29, 1.82) is 0 Å². The number of carbonyl (C=O) groups excluding carboxylic acids is 1. The number of ether oxygens (including phenoxy) is 2. The van der Waals surface area contributed by atoms with E-state index in [0.29, 0.717) is 18.0 Å². The minimum absolute atomic E-state index is 0.227. The summed E-state index contributed by atoms with van der Waals surface area (Å²) >= 11 is 0. The number of methoxy groups -OCH3 is 1. The SMILES string of the molecule is COc1ccccc1COc1cccc(NC(=O)C(C)N)c1C. The van der Waals surface area contributed by atoms with Crippen LogP contribution in [0.25, 0.3) is 0 Å². The quantitative estimate of drug-likeness (QED) is 0.860. The molecule has 1 amide bonds. The maximum atomic E-state index is 11.7. The normalized spacial score (nSPS) is 11.7. The van der Waals surface area contributed by atoms with E-state index < -0.39 is 6.04 Å². The monoisotopic (exact) mass is 314 g/mol. The standard InChI is InChI=1S/C18H22N2O3/c1-12-15(20-18(21)13(2)19)8-6-10-16(12)23-11-14-7-4-5-9-17(14)22-3/h4-10,13H,11,19H2,1-3H3,(H,20,21). The van der Waals surface area contributed by atoms with Crippen molar-refractivity contribution >= 4 is 11.6 Å². The lowest BCUT2D eigenvalue weighted by Gasteiger charge is -2.15. The molecule has 0 saturated heterocycles. The van der Waals surface area contributed by atoms with Crippen molar-refractivity contribution in [3.63, 3.8) is 0 Å². The second kappa shape index (κ2) is 7.65. The van der Waals surface area contributed by atoms with E-state index >= 15 is 0 Å². The van der Waals surface area contributed by atoms with Crippen molar-refractivity contribution in [2.45, 2.75) is 26.5 Å². The maximum Gasteiger partial charge on any atom is 0.241 e. The van der Waals surface area contributed by atoms with Crippen LogP contribution in [0.2, 0.25) is 0 Å². The molecule has 0 bridgehead atoms. The van der Waals surface area contributed by atoms with E-state index in [1.807, 2.05) is 49.4 Å². The molecule has 2 aromatic rings. The highest BCUT2D eigenvalue weighted by molar-refractivity contribution is 5.95. The van der Waals surface area contributed by atoms with Crippen LogP contribution >= 0.6 is 0 Å². The first kappa shape index (κ1) is 16.8. The van der Waals surface area contributed by atoms with Gasteiger partial charge in [-0.3, -0.25) is 4.79 Å². The molecule has 2 rings (SSSR count). The number of nitrogens with one attached hydrogen (secondary N) is 1. The average Bonchev–Trinajstić information content (AvgIpc) is 2.55. The molecule has 23 heavy (non-hydrogen) atoms. The first-order valence-electron chi connectivity index (χ1n) is 7.43. The maximum absolute atomic E-state index is 11.7. The molecule has 0 aliphatic carbocycles. The summed E-state index contributed by atoms with van der Waals surface area (Å²) in [5.41, 5.74) is 8.10. The van der Waals surface area contributed by atoms with Crippen LogP contribution in [0.3, 0.4) is 0 Å². The van der Waals surface area contributed by atoms with Crippen molar-refractivity contribution < 1.29 is 14.3 Å². The highest BCUT2D eigenvalue weighted by atomic mass is 16.5. The molecule has 2 aromatic carbocycles. The van der Waals surface area contributed by atoms with Gasteiger partial charge < -0.3 is 20.5 Å². The molecule has 5 nitrogen and oxygen atoms in total. The van der Waals surface area contributed by atoms with E-state index in [-0.39, 0.29) is 5.91 Å². The zero-order valence-electron chi connectivity index (χ0n) is 13.6. The smallest absolute Gasteiger partial charge is 0.241 e. The third kappa shape index (κ3) is 4.23. The molecule has 0 fully saturated rings. The molecule has 0 heterocycles. The van der Waals surface area contributed by atoms with Crippen LogP contribution in [-0.4, -0.2) is 19.1 Å². The van der Waals surface area contributed by atoms with Gasteiger partial charge in [0.15, 0.2) is 0 Å². The summed E-state index contributed by atoms with van der Waals surface area (Å²) in [4.78, 5) is 11.7. The summed E-state index contributed by atoms with van der Waals surface area (Å²) < 4.78 is 11.2. The lowest BCUT2D eigenvalue weighted by atomic mass is 10.1. The van der Waals surface area contributed by atoms with Crippen LogP contribution in [0.1, 0.15) is 18.1 Å². The minimum atomic E-state index is -0.562. The molecule has 3 N–H and O–H groups in total. The van der Waals surface area contributed by atoms with Crippen molar-refractivity contribution in [2.24, 2.45) is 5.73 Å². The van der Waals surface area contributed by atoms with Crippen LogP contribution in [0, 0.1) is 6.92 Å². The van der Waals surface area contributed by atoms with Crippen LogP contribution in [0.4, 0.5) is 5.69 Å². The van der Waals surface area contributed by atoms with Gasteiger partial charge in [-0.2, -0.15) is 0 Å². The Morgan fingerprint density at radius 1 is 1.17 bits per heavy atom. The lowest BCUT2D eigenvalue weighted by Crippen LogP contribution is -2.32. The molecule has 1 unspecified atom stereocenters. The number of benzene rings is 2. The first-order valence-corrected chi connectivity index (χ1v) is 7.43. The summed E-state index contributed by atoms with van der Waals surface area (Å²) in [5.74, 6) is 1.26. The molecule has 0 aliphatic heterocycles. The van der Waals surface area contributed by atoms with Gasteiger partial charge in [-0.05, 0) is 32.0 Å². The van der Waals surface area contributed by atoms with Crippen molar-refractivity contribution in [3.8, 4) is 11.5 Å². The fourth-order valence-electron chi connectivity index (χ4n) is 2.13. The van der Waals surface area contributed by atoms with Gasteiger partial charge in [0.25, 0.3) is 0 Å². The van der Waals surface area contributed by atoms with Gasteiger partial charge >= 0.3 is 0 Å².